The van der Waals surface area contributed by atoms with Gasteiger partial charge in [0.25, 0.3) is 0 Å². The van der Waals surface area contributed by atoms with Crippen molar-refractivity contribution in [2.24, 2.45) is 0 Å². The van der Waals surface area contributed by atoms with Gasteiger partial charge in [-0.25, -0.2) is 5.32 Å². The number of nitrogens with zero attached hydrogens (tertiary/aromatic N) is 1. The van der Waals surface area contributed by atoms with Crippen molar-refractivity contribution in [1.82, 2.24) is 5.32 Å². The predicted molar refractivity (Wildman–Crippen MR) is 44.3 cm³/mol. The van der Waals surface area contributed by atoms with Crippen molar-refractivity contribution in [3.63, 3.8) is 0 Å². The van der Waals surface area contributed by atoms with Crippen LogP contribution in [0.15, 0.2) is 0 Å². The lowest BCUT2D eigenvalue weighted by Crippen LogP contribution is -2.25. The summed E-state index contributed by atoms with van der Waals surface area (Å²) >= 11 is 0. The van der Waals surface area contributed by atoms with Gasteiger partial charge in [0, 0.05) is 6.92 Å². The van der Waals surface area contributed by atoms with E-state index in [2.05, 4.69) is 5.32 Å². The van der Waals surface area contributed by atoms with E-state index in [1.807, 2.05) is 0 Å². The van der Waals surface area contributed by atoms with Crippen molar-refractivity contribution in [2.75, 3.05) is 0 Å². The summed E-state index contributed by atoms with van der Waals surface area (Å²) in [5.41, 5.74) is 0. The molecule has 0 heterocycles. The maximum Gasteiger partial charge on any atom is 0.238 e. The van der Waals surface area contributed by atoms with Gasteiger partial charge in [0.1, 0.15) is 0 Å². The van der Waals surface area contributed by atoms with Crippen molar-refractivity contribution in [3.8, 4) is 0 Å². The summed E-state index contributed by atoms with van der Waals surface area (Å²) < 4.78 is 0. The molecule has 1 saturated carbocycles. The van der Waals surface area contributed by atoms with Crippen LogP contribution in [0.1, 0.15) is 45.4 Å². The minimum absolute atomic E-state index is 0.00287. The van der Waals surface area contributed by atoms with Crippen LogP contribution < -0.4 is 5.32 Å². The Bertz CT molecular complexity index is 126. The number of hydrogen-bond acceptors (Lipinski definition) is 1. The van der Waals surface area contributed by atoms with Crippen molar-refractivity contribution in [2.45, 2.75) is 51.5 Å². The van der Waals surface area contributed by atoms with Gasteiger partial charge in [-0.2, -0.15) is 0 Å². The third-order valence-electron chi connectivity index (χ3n) is 2.19. The van der Waals surface area contributed by atoms with Crippen LogP contribution in [0.4, 0.5) is 0 Å². The lowest BCUT2D eigenvalue weighted by Gasteiger charge is -2.10. The second-order valence-corrected chi connectivity index (χ2v) is 3.29. The van der Waals surface area contributed by atoms with E-state index >= 15 is 0 Å². The molecule has 1 rings (SSSR count). The maximum atomic E-state index is 10.7. The molecule has 1 aliphatic rings. The second kappa shape index (κ2) is 4.37. The van der Waals surface area contributed by atoms with Crippen molar-refractivity contribution < 1.29 is 4.79 Å². The summed E-state index contributed by atoms with van der Waals surface area (Å²) in [4.78, 5) is 10.7. The average Bonchev–Trinajstić information content (AvgIpc) is 2.14. The molecule has 0 unspecified atom stereocenters. The Kier molecular flexibility index (Phi) is 3.40. The molecule has 0 aromatic heterocycles. The minimum atomic E-state index is -0.00287. The molecule has 2 heteroatoms. The Balaban J connectivity index is 2.25. The Morgan fingerprint density at radius 1 is 1.18 bits per heavy atom. The maximum absolute atomic E-state index is 10.7. The number of hydrogen-bond donors (Lipinski definition) is 0. The molecule has 1 radical (unpaired) electrons. The largest absolute Gasteiger partial charge is 0.273 e. The van der Waals surface area contributed by atoms with Gasteiger partial charge in [-0.1, -0.05) is 25.7 Å². The lowest BCUT2D eigenvalue weighted by molar-refractivity contribution is -0.120. The molecule has 0 atom stereocenters. The Morgan fingerprint density at radius 3 is 2.18 bits per heavy atom. The van der Waals surface area contributed by atoms with E-state index in [9.17, 15) is 4.79 Å². The first-order valence-corrected chi connectivity index (χ1v) is 4.50. The molecule has 2 nitrogen and oxygen atoms in total. The van der Waals surface area contributed by atoms with Crippen LogP contribution in [0, 0.1) is 0 Å². The average molecular weight is 154 g/mol. The third-order valence-corrected chi connectivity index (χ3v) is 2.19. The van der Waals surface area contributed by atoms with Crippen LogP contribution in [0.25, 0.3) is 0 Å². The van der Waals surface area contributed by atoms with Gasteiger partial charge in [-0.3, -0.25) is 4.79 Å². The highest BCUT2D eigenvalue weighted by molar-refractivity contribution is 5.72. The molecule has 0 N–H and O–H groups in total. The molecule has 0 spiro atoms. The molecule has 63 valence electrons. The highest BCUT2D eigenvalue weighted by Gasteiger charge is 2.13. The summed E-state index contributed by atoms with van der Waals surface area (Å²) in [5.74, 6) is -0.00287. The summed E-state index contributed by atoms with van der Waals surface area (Å²) in [6.45, 7) is 1.55. The molecule has 0 bridgehead atoms. The van der Waals surface area contributed by atoms with E-state index in [0.29, 0.717) is 6.04 Å². The van der Waals surface area contributed by atoms with Gasteiger partial charge in [-0.15, -0.1) is 0 Å². The van der Waals surface area contributed by atoms with E-state index in [-0.39, 0.29) is 5.91 Å². The van der Waals surface area contributed by atoms with Gasteiger partial charge < -0.3 is 0 Å². The molecule has 11 heavy (non-hydrogen) atoms. The molecule has 1 fully saturated rings. The van der Waals surface area contributed by atoms with Gasteiger partial charge in [0.2, 0.25) is 5.91 Å². The van der Waals surface area contributed by atoms with E-state index in [0.717, 1.165) is 12.8 Å². The summed E-state index contributed by atoms with van der Waals surface area (Å²) in [6.07, 6.45) is 7.40. The summed E-state index contributed by atoms with van der Waals surface area (Å²) in [7, 11) is 0. The minimum Gasteiger partial charge on any atom is -0.273 e. The number of carbonyl (C=O) groups excluding carboxylic acids is 1. The van der Waals surface area contributed by atoms with Gasteiger partial charge in [0.05, 0.1) is 6.04 Å². The second-order valence-electron chi connectivity index (χ2n) is 3.29. The topological polar surface area (TPSA) is 31.2 Å². The predicted octanol–water partition coefficient (Wildman–Crippen LogP) is 1.86. The van der Waals surface area contributed by atoms with Crippen LogP contribution in [-0.2, 0) is 4.79 Å². The summed E-state index contributed by atoms with van der Waals surface area (Å²) in [5, 5.41) is 4.06. The Morgan fingerprint density at radius 2 is 1.73 bits per heavy atom. The highest BCUT2D eigenvalue weighted by atomic mass is 16.1. The molecule has 0 aliphatic heterocycles. The number of rotatable bonds is 1. The first-order valence-electron chi connectivity index (χ1n) is 4.50. The van der Waals surface area contributed by atoms with E-state index in [4.69, 9.17) is 0 Å². The van der Waals surface area contributed by atoms with Crippen molar-refractivity contribution in [1.29, 1.82) is 0 Å². The number of carbonyl (C=O) groups is 1. The van der Waals surface area contributed by atoms with E-state index < -0.39 is 0 Å². The molecule has 0 aromatic carbocycles. The van der Waals surface area contributed by atoms with E-state index in [1.54, 1.807) is 6.92 Å². The smallest absolute Gasteiger partial charge is 0.238 e. The first-order chi connectivity index (χ1) is 5.29. The highest BCUT2D eigenvalue weighted by Crippen LogP contribution is 2.17. The molecular formula is C9H16NO. The van der Waals surface area contributed by atoms with Gasteiger partial charge in [-0.05, 0) is 12.8 Å². The monoisotopic (exact) mass is 154 g/mol. The van der Waals surface area contributed by atoms with Crippen LogP contribution in [0.2, 0.25) is 0 Å². The lowest BCUT2D eigenvalue weighted by atomic mass is 10.1. The molecular weight excluding hydrogens is 138 g/mol. The Hall–Kier alpha value is -0.530. The zero-order valence-electron chi connectivity index (χ0n) is 7.18. The fourth-order valence-corrected chi connectivity index (χ4v) is 1.64. The first kappa shape index (κ1) is 8.57. The zero-order chi connectivity index (χ0) is 8.10. The quantitative estimate of drug-likeness (QED) is 0.530. The van der Waals surface area contributed by atoms with E-state index in [1.165, 1.54) is 25.7 Å². The molecule has 0 aromatic rings. The molecule has 1 aliphatic carbocycles. The zero-order valence-corrected chi connectivity index (χ0v) is 7.18. The molecule has 0 saturated heterocycles. The third kappa shape index (κ3) is 3.40. The van der Waals surface area contributed by atoms with Crippen LogP contribution in [-0.4, -0.2) is 11.9 Å². The Labute approximate surface area is 68.4 Å². The standard InChI is InChI=1S/C9H16NO/c1-8(11)10-9-6-4-2-3-5-7-9/h9H,2-7H2,1H3. The van der Waals surface area contributed by atoms with Crippen molar-refractivity contribution in [3.05, 3.63) is 0 Å². The van der Waals surface area contributed by atoms with Crippen LogP contribution >= 0.6 is 0 Å². The van der Waals surface area contributed by atoms with Crippen LogP contribution in [0.5, 0.6) is 0 Å². The van der Waals surface area contributed by atoms with Gasteiger partial charge >= 0.3 is 0 Å². The number of amides is 1. The normalized spacial score (nSPS) is 20.8. The van der Waals surface area contributed by atoms with Crippen molar-refractivity contribution >= 4 is 5.91 Å². The SMILES string of the molecule is CC(=O)[N]C1CCCCCC1. The van der Waals surface area contributed by atoms with Crippen LogP contribution in [0.3, 0.4) is 0 Å². The fourth-order valence-electron chi connectivity index (χ4n) is 1.64. The summed E-state index contributed by atoms with van der Waals surface area (Å²) in [6, 6.07) is 0.343. The van der Waals surface area contributed by atoms with Gasteiger partial charge in [0.15, 0.2) is 0 Å². The molecule has 1 amide bonds. The fraction of sp³-hybridized carbons (Fsp3) is 0.889.